The number of para-hydroxylation sites is 1. The third kappa shape index (κ3) is 3.67. The summed E-state index contributed by atoms with van der Waals surface area (Å²) < 4.78 is 5.23. The summed E-state index contributed by atoms with van der Waals surface area (Å²) in [6.45, 7) is 1.56. The summed E-state index contributed by atoms with van der Waals surface area (Å²) >= 11 is 0. The first-order valence-corrected chi connectivity index (χ1v) is 9.27. The Morgan fingerprint density at radius 2 is 1.79 bits per heavy atom. The molecule has 0 spiro atoms. The fourth-order valence-electron chi connectivity index (χ4n) is 3.45. The third-order valence-electron chi connectivity index (χ3n) is 4.98. The van der Waals surface area contributed by atoms with Gasteiger partial charge in [0.2, 0.25) is 5.91 Å². The van der Waals surface area contributed by atoms with Crippen molar-refractivity contribution in [1.29, 1.82) is 0 Å². The van der Waals surface area contributed by atoms with Gasteiger partial charge in [-0.2, -0.15) is 0 Å². The van der Waals surface area contributed by atoms with Gasteiger partial charge in [0.15, 0.2) is 0 Å². The molecule has 2 heterocycles. The lowest BCUT2D eigenvalue weighted by atomic mass is 10.1. The zero-order chi connectivity index (χ0) is 19.5. The molecule has 2 aromatic carbocycles. The van der Waals surface area contributed by atoms with E-state index in [4.69, 9.17) is 4.42 Å². The van der Waals surface area contributed by atoms with Gasteiger partial charge in [-0.05, 0) is 29.7 Å². The second kappa shape index (κ2) is 7.68. The molecule has 1 aliphatic heterocycles. The zero-order valence-corrected chi connectivity index (χ0v) is 15.3. The molecule has 1 aromatic heterocycles. The molecular weight excluding hydrogens is 356 g/mol. The van der Waals surface area contributed by atoms with Crippen molar-refractivity contribution >= 4 is 22.8 Å². The minimum Gasteiger partial charge on any atom is -0.422 e. The lowest BCUT2D eigenvalue weighted by molar-refractivity contribution is -0.128. The Kier molecular flexibility index (Phi) is 4.93. The molecule has 1 fully saturated rings. The number of hydrogen-bond acceptors (Lipinski definition) is 4. The maximum Gasteiger partial charge on any atom is 0.349 e. The van der Waals surface area contributed by atoms with Crippen molar-refractivity contribution in [3.8, 4) is 0 Å². The topological polar surface area (TPSA) is 79.6 Å². The number of amides is 2. The zero-order valence-electron chi connectivity index (χ0n) is 15.3. The van der Waals surface area contributed by atoms with Crippen LogP contribution in [0.1, 0.15) is 34.3 Å². The maximum atomic E-state index is 12.6. The molecule has 3 aromatic rings. The summed E-state index contributed by atoms with van der Waals surface area (Å²) in [6.07, 6.45) is 1.48. The number of fused-ring (bicyclic) bond motifs is 1. The van der Waals surface area contributed by atoms with Gasteiger partial charge in [0.1, 0.15) is 11.1 Å². The molecule has 0 radical (unpaired) electrons. The van der Waals surface area contributed by atoms with E-state index in [1.807, 2.05) is 35.2 Å². The number of hydrogen-bond donors (Lipinski definition) is 1. The van der Waals surface area contributed by atoms with Gasteiger partial charge in [-0.1, -0.05) is 42.5 Å². The summed E-state index contributed by atoms with van der Waals surface area (Å²) in [7, 11) is 0. The summed E-state index contributed by atoms with van der Waals surface area (Å²) in [6, 6.07) is 16.3. The van der Waals surface area contributed by atoms with Gasteiger partial charge in [0.05, 0.1) is 0 Å². The van der Waals surface area contributed by atoms with Crippen LogP contribution in [0.5, 0.6) is 0 Å². The van der Waals surface area contributed by atoms with Gasteiger partial charge in [0.25, 0.3) is 5.91 Å². The van der Waals surface area contributed by atoms with Crippen LogP contribution in [0, 0.1) is 0 Å². The smallest absolute Gasteiger partial charge is 0.349 e. The van der Waals surface area contributed by atoms with Crippen molar-refractivity contribution in [2.45, 2.75) is 25.9 Å². The van der Waals surface area contributed by atoms with E-state index in [0.717, 1.165) is 24.1 Å². The maximum absolute atomic E-state index is 12.6. The normalized spacial score (nSPS) is 13.9. The van der Waals surface area contributed by atoms with Crippen LogP contribution < -0.4 is 10.9 Å². The Bertz CT molecular complexity index is 1100. The first kappa shape index (κ1) is 18.0. The van der Waals surface area contributed by atoms with Crippen LogP contribution in [-0.2, 0) is 17.9 Å². The van der Waals surface area contributed by atoms with Crippen molar-refractivity contribution in [3.05, 3.63) is 81.7 Å². The van der Waals surface area contributed by atoms with Crippen LogP contribution in [-0.4, -0.2) is 23.3 Å². The second-order valence-electron chi connectivity index (χ2n) is 6.86. The molecule has 1 aliphatic rings. The van der Waals surface area contributed by atoms with Gasteiger partial charge in [-0.3, -0.25) is 9.59 Å². The molecule has 6 heteroatoms. The molecule has 6 nitrogen and oxygen atoms in total. The number of carbonyl (C=O) groups excluding carboxylic acids is 2. The van der Waals surface area contributed by atoms with E-state index in [0.29, 0.717) is 23.9 Å². The number of benzene rings is 2. The van der Waals surface area contributed by atoms with Crippen LogP contribution >= 0.6 is 0 Å². The molecule has 1 saturated heterocycles. The van der Waals surface area contributed by atoms with Crippen molar-refractivity contribution < 1.29 is 14.0 Å². The molecule has 142 valence electrons. The van der Waals surface area contributed by atoms with Crippen LogP contribution in [0.25, 0.3) is 11.0 Å². The van der Waals surface area contributed by atoms with Crippen LogP contribution in [0.3, 0.4) is 0 Å². The highest BCUT2D eigenvalue weighted by Gasteiger charge is 2.21. The first-order chi connectivity index (χ1) is 13.6. The van der Waals surface area contributed by atoms with Gasteiger partial charge in [-0.15, -0.1) is 0 Å². The first-order valence-electron chi connectivity index (χ1n) is 9.27. The van der Waals surface area contributed by atoms with Gasteiger partial charge < -0.3 is 14.6 Å². The number of carbonyl (C=O) groups is 2. The Morgan fingerprint density at radius 1 is 1.04 bits per heavy atom. The predicted molar refractivity (Wildman–Crippen MR) is 105 cm³/mol. The van der Waals surface area contributed by atoms with E-state index >= 15 is 0 Å². The molecule has 2 amide bonds. The van der Waals surface area contributed by atoms with Gasteiger partial charge in [0, 0.05) is 31.4 Å². The molecule has 0 unspecified atom stereocenters. The van der Waals surface area contributed by atoms with Crippen molar-refractivity contribution in [2.24, 2.45) is 0 Å². The SMILES string of the molecule is O=C(NCc1ccccc1CN1CCCC1=O)c1cc2ccccc2oc1=O. The monoisotopic (exact) mass is 376 g/mol. The molecule has 0 bridgehead atoms. The molecule has 0 aliphatic carbocycles. The van der Waals surface area contributed by atoms with Crippen molar-refractivity contribution in [3.63, 3.8) is 0 Å². The van der Waals surface area contributed by atoms with E-state index < -0.39 is 11.5 Å². The summed E-state index contributed by atoms with van der Waals surface area (Å²) in [5.74, 6) is -0.320. The second-order valence-corrected chi connectivity index (χ2v) is 6.86. The summed E-state index contributed by atoms with van der Waals surface area (Å²) in [5.41, 5.74) is 1.67. The average molecular weight is 376 g/mol. The lowest BCUT2D eigenvalue weighted by Crippen LogP contribution is -2.29. The lowest BCUT2D eigenvalue weighted by Gasteiger charge is -2.18. The minimum absolute atomic E-state index is 0.0223. The highest BCUT2D eigenvalue weighted by Crippen LogP contribution is 2.17. The molecule has 0 saturated carbocycles. The minimum atomic E-state index is -0.660. The van der Waals surface area contributed by atoms with Crippen LogP contribution in [0.4, 0.5) is 0 Å². The van der Waals surface area contributed by atoms with Gasteiger partial charge >= 0.3 is 5.63 Å². The summed E-state index contributed by atoms with van der Waals surface area (Å²) in [4.78, 5) is 38.4. The van der Waals surface area contributed by atoms with E-state index in [1.54, 1.807) is 24.3 Å². The standard InChI is InChI=1S/C22H20N2O4/c25-20-10-5-11-24(20)14-17-8-2-1-7-16(17)13-23-21(26)18-12-15-6-3-4-9-19(15)28-22(18)27/h1-4,6-9,12H,5,10-11,13-14H2,(H,23,26). The average Bonchev–Trinajstić information content (AvgIpc) is 3.11. The number of rotatable bonds is 5. The van der Waals surface area contributed by atoms with Crippen molar-refractivity contribution in [1.82, 2.24) is 10.2 Å². The molecule has 1 N–H and O–H groups in total. The highest BCUT2D eigenvalue weighted by molar-refractivity contribution is 5.96. The van der Waals surface area contributed by atoms with E-state index in [1.165, 1.54) is 0 Å². The Balaban J connectivity index is 1.50. The largest absolute Gasteiger partial charge is 0.422 e. The van der Waals surface area contributed by atoms with Gasteiger partial charge in [-0.25, -0.2) is 4.79 Å². The predicted octanol–water partition coefficient (Wildman–Crippen LogP) is 2.85. The number of likely N-dealkylation sites (tertiary alicyclic amines) is 1. The fourth-order valence-corrected chi connectivity index (χ4v) is 3.45. The Morgan fingerprint density at radius 3 is 2.57 bits per heavy atom. The summed E-state index contributed by atoms with van der Waals surface area (Å²) in [5, 5.41) is 3.49. The van der Waals surface area contributed by atoms with Crippen LogP contribution in [0.2, 0.25) is 0 Å². The third-order valence-corrected chi connectivity index (χ3v) is 4.98. The highest BCUT2D eigenvalue weighted by atomic mass is 16.4. The van der Waals surface area contributed by atoms with Crippen LogP contribution in [0.15, 0.2) is 63.8 Å². The number of nitrogens with one attached hydrogen (secondary N) is 1. The van der Waals surface area contributed by atoms with Crippen molar-refractivity contribution in [2.75, 3.05) is 6.54 Å². The Labute approximate surface area is 161 Å². The molecule has 4 rings (SSSR count). The van der Waals surface area contributed by atoms with E-state index in [-0.39, 0.29) is 18.0 Å². The molecular formula is C22H20N2O4. The quantitative estimate of drug-likeness (QED) is 0.695. The van der Waals surface area contributed by atoms with E-state index in [9.17, 15) is 14.4 Å². The fraction of sp³-hybridized carbons (Fsp3) is 0.227. The Hall–Kier alpha value is -3.41. The molecule has 0 atom stereocenters. The molecule has 28 heavy (non-hydrogen) atoms. The van der Waals surface area contributed by atoms with E-state index in [2.05, 4.69) is 5.32 Å². The number of nitrogens with zero attached hydrogens (tertiary/aromatic N) is 1.